The first-order chi connectivity index (χ1) is 9.01. The third kappa shape index (κ3) is 3.93. The van der Waals surface area contributed by atoms with Gasteiger partial charge in [0.05, 0.1) is 6.61 Å². The lowest BCUT2D eigenvalue weighted by molar-refractivity contribution is -0.153. The third-order valence-corrected chi connectivity index (χ3v) is 4.05. The number of carbonyl (C=O) groups excluding carboxylic acids is 1. The lowest BCUT2D eigenvalue weighted by atomic mass is 9.91. The van der Waals surface area contributed by atoms with E-state index in [4.69, 9.17) is 4.74 Å². The summed E-state index contributed by atoms with van der Waals surface area (Å²) in [6, 6.07) is 0.445. The molecule has 4 nitrogen and oxygen atoms in total. The minimum Gasteiger partial charge on any atom is -0.465 e. The second kappa shape index (κ2) is 7.25. The molecule has 1 fully saturated rings. The standard InChI is InChI=1S/C15H30N2O2/c1-6-10-17(12(3)4)11-15(16-5,13-8-9-13)14(18)19-7-2/h12-13,16H,6-11H2,1-5H3. The average molecular weight is 270 g/mol. The van der Waals surface area contributed by atoms with Crippen LogP contribution in [0.25, 0.3) is 0 Å². The summed E-state index contributed by atoms with van der Waals surface area (Å²) in [5.41, 5.74) is -0.518. The highest BCUT2D eigenvalue weighted by Gasteiger charge is 2.52. The number of rotatable bonds is 9. The van der Waals surface area contributed by atoms with Crippen molar-refractivity contribution in [2.75, 3.05) is 26.7 Å². The molecule has 4 heteroatoms. The van der Waals surface area contributed by atoms with Crippen molar-refractivity contribution in [2.45, 2.75) is 58.5 Å². The van der Waals surface area contributed by atoms with Crippen LogP contribution < -0.4 is 5.32 Å². The maximum Gasteiger partial charge on any atom is 0.327 e. The fourth-order valence-electron chi connectivity index (χ4n) is 2.71. The summed E-state index contributed by atoms with van der Waals surface area (Å²) in [7, 11) is 1.89. The highest BCUT2D eigenvalue weighted by atomic mass is 16.5. The number of esters is 1. The lowest BCUT2D eigenvalue weighted by Crippen LogP contribution is -2.61. The summed E-state index contributed by atoms with van der Waals surface area (Å²) >= 11 is 0. The molecule has 1 atom stereocenters. The summed E-state index contributed by atoms with van der Waals surface area (Å²) in [5.74, 6) is 0.344. The van der Waals surface area contributed by atoms with E-state index in [1.165, 1.54) is 0 Å². The molecule has 0 amide bonds. The highest BCUT2D eigenvalue weighted by molar-refractivity contribution is 5.82. The number of hydrogen-bond donors (Lipinski definition) is 1. The Morgan fingerprint density at radius 2 is 2.05 bits per heavy atom. The van der Waals surface area contributed by atoms with Crippen LogP contribution in [0.15, 0.2) is 0 Å². The van der Waals surface area contributed by atoms with Crippen molar-refractivity contribution in [1.82, 2.24) is 10.2 Å². The van der Waals surface area contributed by atoms with E-state index in [1.54, 1.807) is 0 Å². The van der Waals surface area contributed by atoms with Gasteiger partial charge in [0.1, 0.15) is 5.54 Å². The van der Waals surface area contributed by atoms with Crippen molar-refractivity contribution < 1.29 is 9.53 Å². The quantitative estimate of drug-likeness (QED) is 0.651. The molecule has 112 valence electrons. The van der Waals surface area contributed by atoms with Crippen molar-refractivity contribution >= 4 is 5.97 Å². The van der Waals surface area contributed by atoms with Crippen LogP contribution in [0.3, 0.4) is 0 Å². The van der Waals surface area contributed by atoms with Gasteiger partial charge in [-0.25, -0.2) is 4.79 Å². The first kappa shape index (κ1) is 16.4. The molecular weight excluding hydrogens is 240 g/mol. The zero-order valence-electron chi connectivity index (χ0n) is 13.2. The van der Waals surface area contributed by atoms with E-state index in [2.05, 4.69) is 31.0 Å². The number of likely N-dealkylation sites (N-methyl/N-ethyl adjacent to an activating group) is 1. The molecule has 0 aromatic carbocycles. The molecule has 1 unspecified atom stereocenters. The van der Waals surface area contributed by atoms with Gasteiger partial charge >= 0.3 is 5.97 Å². The predicted molar refractivity (Wildman–Crippen MR) is 78.1 cm³/mol. The van der Waals surface area contributed by atoms with Gasteiger partial charge in [0.25, 0.3) is 0 Å². The molecule has 1 saturated carbocycles. The second-order valence-electron chi connectivity index (χ2n) is 5.78. The maximum atomic E-state index is 12.4. The van der Waals surface area contributed by atoms with Crippen LogP contribution in [-0.2, 0) is 9.53 Å². The smallest absolute Gasteiger partial charge is 0.327 e. The fourth-order valence-corrected chi connectivity index (χ4v) is 2.71. The van der Waals surface area contributed by atoms with Crippen molar-refractivity contribution in [1.29, 1.82) is 0 Å². The Morgan fingerprint density at radius 3 is 2.42 bits per heavy atom. The van der Waals surface area contributed by atoms with Crippen molar-refractivity contribution in [3.05, 3.63) is 0 Å². The van der Waals surface area contributed by atoms with Crippen molar-refractivity contribution in [3.8, 4) is 0 Å². The van der Waals surface area contributed by atoms with E-state index in [9.17, 15) is 4.79 Å². The normalized spacial score (nSPS) is 18.7. The zero-order chi connectivity index (χ0) is 14.5. The summed E-state index contributed by atoms with van der Waals surface area (Å²) in [4.78, 5) is 14.8. The van der Waals surface area contributed by atoms with Crippen LogP contribution in [0.5, 0.6) is 0 Å². The summed E-state index contributed by atoms with van der Waals surface area (Å²) in [6.45, 7) is 10.6. The molecular formula is C15H30N2O2. The number of nitrogens with zero attached hydrogens (tertiary/aromatic N) is 1. The molecule has 0 aliphatic heterocycles. The van der Waals surface area contributed by atoms with E-state index >= 15 is 0 Å². The maximum absolute atomic E-state index is 12.4. The first-order valence-corrected chi connectivity index (χ1v) is 7.62. The van der Waals surface area contributed by atoms with E-state index in [1.807, 2.05) is 14.0 Å². The van der Waals surface area contributed by atoms with Gasteiger partial charge in [-0.15, -0.1) is 0 Å². The average Bonchev–Trinajstić information content (AvgIpc) is 3.19. The monoisotopic (exact) mass is 270 g/mol. The molecule has 0 bridgehead atoms. The zero-order valence-corrected chi connectivity index (χ0v) is 13.2. The lowest BCUT2D eigenvalue weighted by Gasteiger charge is -2.38. The number of nitrogens with one attached hydrogen (secondary N) is 1. The SMILES string of the molecule is CCCN(CC(NC)(C(=O)OCC)C1CC1)C(C)C. The van der Waals surface area contributed by atoms with Gasteiger partial charge in [-0.1, -0.05) is 6.92 Å². The Morgan fingerprint density at radius 1 is 1.42 bits per heavy atom. The van der Waals surface area contributed by atoms with E-state index < -0.39 is 5.54 Å². The molecule has 0 heterocycles. The van der Waals surface area contributed by atoms with Gasteiger partial charge in [-0.3, -0.25) is 4.90 Å². The van der Waals surface area contributed by atoms with Crippen LogP contribution in [0.2, 0.25) is 0 Å². The molecule has 1 aliphatic carbocycles. The van der Waals surface area contributed by atoms with Gasteiger partial charge < -0.3 is 10.1 Å². The molecule has 0 aromatic heterocycles. The van der Waals surface area contributed by atoms with Crippen LogP contribution >= 0.6 is 0 Å². The molecule has 0 saturated heterocycles. The van der Waals surface area contributed by atoms with E-state index in [0.29, 0.717) is 18.6 Å². The van der Waals surface area contributed by atoms with Crippen molar-refractivity contribution in [3.63, 3.8) is 0 Å². The first-order valence-electron chi connectivity index (χ1n) is 7.62. The van der Waals surface area contributed by atoms with Gasteiger partial charge in [0.15, 0.2) is 0 Å². The Bertz CT molecular complexity index is 290. The molecule has 1 aliphatic rings. The molecule has 19 heavy (non-hydrogen) atoms. The largest absolute Gasteiger partial charge is 0.465 e. The molecule has 0 radical (unpaired) electrons. The summed E-state index contributed by atoms with van der Waals surface area (Å²) in [5, 5.41) is 3.29. The second-order valence-corrected chi connectivity index (χ2v) is 5.78. The Labute approximate surface area is 117 Å². The topological polar surface area (TPSA) is 41.6 Å². The van der Waals surface area contributed by atoms with Gasteiger partial charge in [0, 0.05) is 12.6 Å². The summed E-state index contributed by atoms with van der Waals surface area (Å²) < 4.78 is 5.33. The molecule has 0 spiro atoms. The summed E-state index contributed by atoms with van der Waals surface area (Å²) in [6.07, 6.45) is 3.35. The number of ether oxygens (including phenoxy) is 1. The Balaban J connectivity index is 2.86. The van der Waals surface area contributed by atoms with Crippen molar-refractivity contribution in [2.24, 2.45) is 5.92 Å². The van der Waals surface area contributed by atoms with Gasteiger partial charge in [-0.05, 0) is 59.5 Å². The molecule has 0 aromatic rings. The van der Waals surface area contributed by atoms with E-state index in [-0.39, 0.29) is 5.97 Å². The number of carbonyl (C=O) groups is 1. The number of hydrogen-bond acceptors (Lipinski definition) is 4. The van der Waals surface area contributed by atoms with Gasteiger partial charge in [0.2, 0.25) is 0 Å². The van der Waals surface area contributed by atoms with Crippen LogP contribution in [-0.4, -0.2) is 49.2 Å². The highest BCUT2D eigenvalue weighted by Crippen LogP contribution is 2.41. The van der Waals surface area contributed by atoms with Crippen LogP contribution in [0.1, 0.15) is 47.0 Å². The minimum absolute atomic E-state index is 0.0817. The van der Waals surface area contributed by atoms with Crippen LogP contribution in [0, 0.1) is 5.92 Å². The van der Waals surface area contributed by atoms with Gasteiger partial charge in [-0.2, -0.15) is 0 Å². The Hall–Kier alpha value is -0.610. The Kier molecular flexibility index (Phi) is 6.27. The molecule has 1 rings (SSSR count). The molecule has 1 N–H and O–H groups in total. The van der Waals surface area contributed by atoms with Crippen LogP contribution in [0.4, 0.5) is 0 Å². The third-order valence-electron chi connectivity index (χ3n) is 4.05. The van der Waals surface area contributed by atoms with E-state index in [0.717, 1.165) is 32.4 Å². The predicted octanol–water partition coefficient (Wildman–Crippen LogP) is 2.04. The minimum atomic E-state index is -0.518. The fraction of sp³-hybridized carbons (Fsp3) is 0.933.